The van der Waals surface area contributed by atoms with Crippen LogP contribution < -0.4 is 10.0 Å². The summed E-state index contributed by atoms with van der Waals surface area (Å²) in [5.41, 5.74) is 2.94. The molecule has 0 saturated heterocycles. The number of fused-ring (bicyclic) bond motifs is 1. The molecule has 31 heavy (non-hydrogen) atoms. The summed E-state index contributed by atoms with van der Waals surface area (Å²) in [7, 11) is -2.50. The van der Waals surface area contributed by atoms with Crippen LogP contribution in [0.2, 0.25) is 0 Å². The Hall–Kier alpha value is -3.61. The molecule has 1 unspecified atom stereocenters. The zero-order valence-electron chi connectivity index (χ0n) is 17.0. The molecule has 1 aliphatic rings. The average Bonchev–Trinajstić information content (AvgIpc) is 3.26. The smallest absolute Gasteiger partial charge is 0.261 e. The zero-order valence-corrected chi connectivity index (χ0v) is 17.8. The predicted octanol–water partition coefficient (Wildman–Crippen LogP) is 2.88. The molecule has 0 radical (unpaired) electrons. The number of hydrogen-bond acceptors (Lipinski definition) is 6. The van der Waals surface area contributed by atoms with Gasteiger partial charge in [0.25, 0.3) is 15.9 Å². The second kappa shape index (κ2) is 7.91. The minimum atomic E-state index is -3.94. The summed E-state index contributed by atoms with van der Waals surface area (Å²) in [5.74, 6) is 6.18. The van der Waals surface area contributed by atoms with Crippen molar-refractivity contribution in [1.82, 2.24) is 10.5 Å². The number of rotatable bonds is 4. The molecule has 2 N–H and O–H groups in total. The first kappa shape index (κ1) is 20.7. The highest BCUT2D eigenvalue weighted by atomic mass is 32.2. The van der Waals surface area contributed by atoms with Crippen LogP contribution in [0.3, 0.4) is 0 Å². The summed E-state index contributed by atoms with van der Waals surface area (Å²) >= 11 is 0. The highest BCUT2D eigenvalue weighted by molar-refractivity contribution is 7.92. The maximum Gasteiger partial charge on any atom is 0.261 e. The molecule has 3 aromatic rings. The fourth-order valence-electron chi connectivity index (χ4n) is 3.19. The summed E-state index contributed by atoms with van der Waals surface area (Å²) in [4.78, 5) is 12.1. The van der Waals surface area contributed by atoms with Gasteiger partial charge in [0.15, 0.2) is 11.9 Å². The van der Waals surface area contributed by atoms with E-state index in [-0.39, 0.29) is 16.5 Å². The second-order valence-electron chi connectivity index (χ2n) is 6.95. The lowest BCUT2D eigenvalue weighted by Crippen LogP contribution is -2.21. The summed E-state index contributed by atoms with van der Waals surface area (Å²) in [5, 5.41) is 6.54. The Labute approximate surface area is 179 Å². The van der Waals surface area contributed by atoms with E-state index in [4.69, 9.17) is 9.26 Å². The molecule has 2 heterocycles. The normalized spacial score (nSPS) is 15.1. The van der Waals surface area contributed by atoms with E-state index in [2.05, 4.69) is 27.0 Å². The van der Waals surface area contributed by atoms with Crippen LogP contribution in [0.25, 0.3) is 0 Å². The van der Waals surface area contributed by atoms with Crippen LogP contribution in [0.4, 0.5) is 5.69 Å². The van der Waals surface area contributed by atoms with Gasteiger partial charge in [-0.05, 0) is 50.1 Å². The van der Waals surface area contributed by atoms with Gasteiger partial charge in [0.05, 0.1) is 10.6 Å². The van der Waals surface area contributed by atoms with Crippen LogP contribution in [-0.2, 0) is 14.8 Å². The minimum Gasteiger partial charge on any atom is -0.360 e. The molecular formula is C22H19N3O5S. The van der Waals surface area contributed by atoms with Crippen LogP contribution in [0.5, 0.6) is 0 Å². The highest BCUT2D eigenvalue weighted by Gasteiger charge is 2.32. The summed E-state index contributed by atoms with van der Waals surface area (Å²) in [6.07, 6.45) is -0.729. The SMILES string of the molecule is COC1NC(=O)c2cccc(NS(=O)(=O)c3cccc(C#Cc4noc(C)c4C)c3)c21. The summed E-state index contributed by atoms with van der Waals surface area (Å²) < 4.78 is 39.0. The molecule has 1 amide bonds. The van der Waals surface area contributed by atoms with Gasteiger partial charge in [-0.25, -0.2) is 8.42 Å². The third kappa shape index (κ3) is 3.91. The maximum absolute atomic E-state index is 13.0. The van der Waals surface area contributed by atoms with Crippen LogP contribution in [0.1, 0.15) is 44.7 Å². The van der Waals surface area contributed by atoms with Gasteiger partial charge in [0.2, 0.25) is 0 Å². The third-order valence-corrected chi connectivity index (χ3v) is 6.35. The standard InChI is InChI=1S/C22H19N3O5S/c1-13-14(2)30-24-18(13)11-10-15-6-4-7-16(12-15)31(27,28)25-19-9-5-8-17-20(19)22(29-3)23-21(17)26/h4-9,12,22,25H,1-3H3,(H,23,26). The zero-order chi connectivity index (χ0) is 22.2. The molecule has 8 nitrogen and oxygen atoms in total. The fraction of sp³-hybridized carbons (Fsp3) is 0.182. The van der Waals surface area contributed by atoms with Gasteiger partial charge in [0, 0.05) is 29.4 Å². The first-order valence-electron chi connectivity index (χ1n) is 9.34. The number of anilines is 1. The molecule has 1 aliphatic heterocycles. The van der Waals surface area contributed by atoms with Crippen LogP contribution in [0.15, 0.2) is 51.9 Å². The number of carbonyl (C=O) groups is 1. The molecule has 9 heteroatoms. The lowest BCUT2D eigenvalue weighted by atomic mass is 10.1. The van der Waals surface area contributed by atoms with E-state index >= 15 is 0 Å². The molecule has 1 atom stereocenters. The quantitative estimate of drug-likeness (QED) is 0.608. The van der Waals surface area contributed by atoms with Gasteiger partial charge >= 0.3 is 0 Å². The minimum absolute atomic E-state index is 0.0382. The van der Waals surface area contributed by atoms with Crippen molar-refractivity contribution in [1.29, 1.82) is 0 Å². The maximum atomic E-state index is 13.0. The molecule has 0 saturated carbocycles. The van der Waals surface area contributed by atoms with Crippen molar-refractivity contribution < 1.29 is 22.5 Å². The Morgan fingerprint density at radius 3 is 2.65 bits per heavy atom. The van der Waals surface area contributed by atoms with Crippen molar-refractivity contribution in [2.75, 3.05) is 11.8 Å². The Morgan fingerprint density at radius 2 is 1.94 bits per heavy atom. The number of benzene rings is 2. The molecule has 1 aromatic heterocycles. The van der Waals surface area contributed by atoms with Crippen molar-refractivity contribution in [2.24, 2.45) is 0 Å². The molecule has 2 aromatic carbocycles. The molecule has 0 bridgehead atoms. The van der Waals surface area contributed by atoms with Gasteiger partial charge in [-0.1, -0.05) is 23.2 Å². The van der Waals surface area contributed by atoms with Crippen molar-refractivity contribution in [3.05, 3.63) is 76.2 Å². The van der Waals surface area contributed by atoms with Gasteiger partial charge in [-0.15, -0.1) is 0 Å². The Bertz CT molecular complexity index is 1350. The Morgan fingerprint density at radius 1 is 1.16 bits per heavy atom. The molecule has 0 fully saturated rings. The number of hydrogen-bond donors (Lipinski definition) is 2. The number of aromatic nitrogens is 1. The van der Waals surface area contributed by atoms with E-state index in [9.17, 15) is 13.2 Å². The van der Waals surface area contributed by atoms with Crippen molar-refractivity contribution in [3.8, 4) is 11.8 Å². The number of nitrogens with zero attached hydrogens (tertiary/aromatic N) is 1. The third-order valence-electron chi connectivity index (χ3n) is 4.98. The number of amides is 1. The molecule has 0 aliphatic carbocycles. The molecular weight excluding hydrogens is 418 g/mol. The first-order valence-corrected chi connectivity index (χ1v) is 10.8. The number of methoxy groups -OCH3 is 1. The van der Waals surface area contributed by atoms with E-state index in [1.54, 1.807) is 37.3 Å². The monoisotopic (exact) mass is 437 g/mol. The number of ether oxygens (including phenoxy) is 1. The second-order valence-corrected chi connectivity index (χ2v) is 8.63. The van der Waals surface area contributed by atoms with Gasteiger partial charge in [0.1, 0.15) is 5.76 Å². The van der Waals surface area contributed by atoms with Crippen molar-refractivity contribution in [2.45, 2.75) is 25.0 Å². The predicted molar refractivity (Wildman–Crippen MR) is 113 cm³/mol. The largest absolute Gasteiger partial charge is 0.360 e. The lowest BCUT2D eigenvalue weighted by molar-refractivity contribution is 0.0669. The highest BCUT2D eigenvalue weighted by Crippen LogP contribution is 2.33. The average molecular weight is 437 g/mol. The Kier molecular flexibility index (Phi) is 5.27. The topological polar surface area (TPSA) is 111 Å². The van der Waals surface area contributed by atoms with Gasteiger partial charge in [-0.3, -0.25) is 9.52 Å². The number of sulfonamides is 1. The lowest BCUT2D eigenvalue weighted by Gasteiger charge is -2.15. The summed E-state index contributed by atoms with van der Waals surface area (Å²) in [6.45, 7) is 3.65. The molecule has 158 valence electrons. The van der Waals surface area contributed by atoms with Crippen LogP contribution >= 0.6 is 0 Å². The van der Waals surface area contributed by atoms with Crippen molar-refractivity contribution in [3.63, 3.8) is 0 Å². The van der Waals surface area contributed by atoms with E-state index in [1.807, 2.05) is 6.92 Å². The number of carbonyl (C=O) groups excluding carboxylic acids is 1. The van der Waals surface area contributed by atoms with E-state index in [1.165, 1.54) is 19.2 Å². The van der Waals surface area contributed by atoms with Gasteiger partial charge in [-0.2, -0.15) is 0 Å². The van der Waals surface area contributed by atoms with Gasteiger partial charge < -0.3 is 14.6 Å². The molecule has 4 rings (SSSR count). The molecule has 0 spiro atoms. The first-order chi connectivity index (χ1) is 14.8. The van der Waals surface area contributed by atoms with E-state index < -0.39 is 16.3 Å². The Balaban J connectivity index is 1.65. The van der Waals surface area contributed by atoms with Crippen molar-refractivity contribution >= 4 is 21.6 Å². The summed E-state index contributed by atoms with van der Waals surface area (Å²) in [6, 6.07) is 11.1. The van der Waals surface area contributed by atoms with Crippen LogP contribution in [0, 0.1) is 25.7 Å². The van der Waals surface area contributed by atoms with Crippen LogP contribution in [-0.4, -0.2) is 26.6 Å². The van der Waals surface area contributed by atoms with E-state index in [0.29, 0.717) is 28.1 Å². The number of nitrogens with one attached hydrogen (secondary N) is 2. The fourth-order valence-corrected chi connectivity index (χ4v) is 4.32. The van der Waals surface area contributed by atoms with E-state index in [0.717, 1.165) is 5.56 Å². The number of aryl methyl sites for hydroxylation is 1.